The van der Waals surface area contributed by atoms with Gasteiger partial charge in [0.15, 0.2) is 14.6 Å². The topological polar surface area (TPSA) is 90.9 Å². The lowest BCUT2D eigenvalue weighted by molar-refractivity contribution is -0.268. The van der Waals surface area contributed by atoms with E-state index in [1.807, 2.05) is 6.92 Å². The van der Waals surface area contributed by atoms with E-state index in [4.69, 9.17) is 36.9 Å². The van der Waals surface area contributed by atoms with Gasteiger partial charge in [0.2, 0.25) is 0 Å². The van der Waals surface area contributed by atoms with E-state index in [0.717, 1.165) is 19.3 Å². The zero-order valence-corrected chi connectivity index (χ0v) is 29.8. The van der Waals surface area contributed by atoms with E-state index in [-0.39, 0.29) is 36.9 Å². The van der Waals surface area contributed by atoms with Crippen molar-refractivity contribution in [1.29, 1.82) is 0 Å². The van der Waals surface area contributed by atoms with Crippen molar-refractivity contribution in [1.82, 2.24) is 0 Å². The van der Waals surface area contributed by atoms with Crippen molar-refractivity contribution in [2.75, 3.05) is 40.6 Å². The number of rotatable bonds is 23. The minimum atomic E-state index is -4.03. The van der Waals surface area contributed by atoms with Gasteiger partial charge >= 0.3 is 7.82 Å². The first-order chi connectivity index (χ1) is 19.8. The molecule has 1 heterocycles. The predicted octanol–water partition coefficient (Wildman–Crippen LogP) is 8.06. The van der Waals surface area contributed by atoms with Crippen LogP contribution < -0.4 is 0 Å². The van der Waals surface area contributed by atoms with Crippen LogP contribution in [0.15, 0.2) is 25.3 Å². The van der Waals surface area contributed by atoms with Crippen molar-refractivity contribution >= 4 is 16.1 Å². The minimum absolute atomic E-state index is 0.0110. The lowest BCUT2D eigenvalue weighted by atomic mass is 9.92. The Balaban J connectivity index is 3.24. The van der Waals surface area contributed by atoms with Gasteiger partial charge < -0.3 is 23.4 Å². The molecule has 0 unspecified atom stereocenters. The van der Waals surface area contributed by atoms with Crippen molar-refractivity contribution in [3.05, 3.63) is 25.3 Å². The third kappa shape index (κ3) is 13.3. The standard InChI is InChI=1S/C31H61O9PSi/c1-12-15-16-17-18-19-26(34-9)20-23-35-28-25(4)30(40-42(10,11)31(5,6)7)38-27(24-33-8)29(28)39-41(32,36-21-13-2)37-22-14-3/h13-14,25-30H,2-3,12,15-24H2,1,4-11H3/t25-,26-,27-,28-,29-,30+/m1/s1. The van der Waals surface area contributed by atoms with E-state index in [2.05, 4.69) is 53.9 Å². The van der Waals surface area contributed by atoms with Crippen LogP contribution in [-0.4, -0.2) is 79.7 Å². The second kappa shape index (κ2) is 19.9. The summed E-state index contributed by atoms with van der Waals surface area (Å²) in [4.78, 5) is 0. The summed E-state index contributed by atoms with van der Waals surface area (Å²) in [5.74, 6) is -0.250. The number of phosphoric ester groups is 1. The van der Waals surface area contributed by atoms with Crippen LogP contribution in [0.25, 0.3) is 0 Å². The summed E-state index contributed by atoms with van der Waals surface area (Å²) in [7, 11) is -2.90. The van der Waals surface area contributed by atoms with E-state index in [0.29, 0.717) is 6.61 Å². The first kappa shape index (κ1) is 39.6. The molecule has 0 radical (unpaired) electrons. The summed E-state index contributed by atoms with van der Waals surface area (Å²) in [6.07, 6.45) is 8.30. The third-order valence-corrected chi connectivity index (χ3v) is 14.0. The van der Waals surface area contributed by atoms with Crippen LogP contribution in [0.4, 0.5) is 0 Å². The van der Waals surface area contributed by atoms with Crippen LogP contribution >= 0.6 is 7.82 Å². The van der Waals surface area contributed by atoms with Gasteiger partial charge in [-0.2, -0.15) is 0 Å². The normalized spacial score (nSPS) is 24.5. The second-order valence-corrected chi connectivity index (χ2v) is 19.0. The molecule has 0 aromatic carbocycles. The van der Waals surface area contributed by atoms with E-state index < -0.39 is 40.7 Å². The van der Waals surface area contributed by atoms with Gasteiger partial charge in [-0.15, -0.1) is 13.2 Å². The van der Waals surface area contributed by atoms with Crippen molar-refractivity contribution in [3.8, 4) is 0 Å². The molecule has 0 aliphatic carbocycles. The Morgan fingerprint density at radius 2 is 1.60 bits per heavy atom. The summed E-state index contributed by atoms with van der Waals surface area (Å²) >= 11 is 0. The number of ether oxygens (including phenoxy) is 4. The molecule has 1 aliphatic rings. The van der Waals surface area contributed by atoms with Crippen molar-refractivity contribution < 1.29 is 41.5 Å². The fourth-order valence-corrected chi connectivity index (χ4v) is 7.07. The van der Waals surface area contributed by atoms with Crippen molar-refractivity contribution in [3.63, 3.8) is 0 Å². The average molecular weight is 637 g/mol. The smallest absolute Gasteiger partial charge is 0.392 e. The molecule has 0 aromatic heterocycles. The first-order valence-electron chi connectivity index (χ1n) is 15.5. The molecule has 0 amide bonds. The maximum Gasteiger partial charge on any atom is 0.475 e. The summed E-state index contributed by atoms with van der Waals surface area (Å²) < 4.78 is 62.0. The van der Waals surface area contributed by atoms with Gasteiger partial charge in [0.1, 0.15) is 12.2 Å². The molecule has 248 valence electrons. The highest BCUT2D eigenvalue weighted by Crippen LogP contribution is 2.53. The highest BCUT2D eigenvalue weighted by molar-refractivity contribution is 7.48. The molecule has 11 heteroatoms. The third-order valence-electron chi connectivity index (χ3n) is 8.16. The number of hydrogen-bond acceptors (Lipinski definition) is 9. The quantitative estimate of drug-likeness (QED) is 0.0478. The van der Waals surface area contributed by atoms with Crippen LogP contribution in [0.1, 0.15) is 79.6 Å². The molecule has 0 spiro atoms. The fraction of sp³-hybridized carbons (Fsp3) is 0.871. The molecule has 1 rings (SSSR count). The van der Waals surface area contributed by atoms with Gasteiger partial charge in [-0.3, -0.25) is 13.6 Å². The molecule has 42 heavy (non-hydrogen) atoms. The summed E-state index contributed by atoms with van der Waals surface area (Å²) in [5, 5.41) is -0.0217. The maximum absolute atomic E-state index is 13.7. The van der Waals surface area contributed by atoms with Gasteiger partial charge in [-0.25, -0.2) is 4.57 Å². The molecular formula is C31H61O9PSi. The maximum atomic E-state index is 13.7. The number of unbranched alkanes of at least 4 members (excludes halogenated alkanes) is 4. The van der Waals surface area contributed by atoms with Crippen LogP contribution in [0.3, 0.4) is 0 Å². The van der Waals surface area contributed by atoms with Gasteiger partial charge in [0.05, 0.1) is 32.0 Å². The second-order valence-electron chi connectivity index (χ2n) is 12.6. The molecule has 1 fully saturated rings. The lowest BCUT2D eigenvalue weighted by Gasteiger charge is -2.48. The molecule has 0 N–H and O–H groups in total. The van der Waals surface area contributed by atoms with E-state index in [1.54, 1.807) is 14.2 Å². The fourth-order valence-electron chi connectivity index (χ4n) is 4.54. The summed E-state index contributed by atoms with van der Waals surface area (Å²) in [6, 6.07) is 0. The van der Waals surface area contributed by atoms with Crippen molar-refractivity contribution in [2.24, 2.45) is 5.92 Å². The minimum Gasteiger partial charge on any atom is -0.392 e. The zero-order valence-electron chi connectivity index (χ0n) is 27.9. The van der Waals surface area contributed by atoms with E-state index in [1.165, 1.54) is 37.8 Å². The number of methoxy groups -OCH3 is 2. The SMILES string of the molecule is C=CCOP(=O)(OCC=C)O[C@H]1[C@H](OCC[C@@H](CCCCCCC)OC)[C@@H](C)[C@H](O[Si](C)(C)C(C)(C)C)O[C@@H]1COC. The largest absolute Gasteiger partial charge is 0.475 e. The van der Waals surface area contributed by atoms with Gasteiger partial charge in [0.25, 0.3) is 0 Å². The molecule has 1 saturated heterocycles. The summed E-state index contributed by atoms with van der Waals surface area (Å²) in [5.41, 5.74) is 0. The molecule has 1 aliphatic heterocycles. The lowest BCUT2D eigenvalue weighted by Crippen LogP contribution is -2.60. The predicted molar refractivity (Wildman–Crippen MR) is 171 cm³/mol. The molecule has 9 nitrogen and oxygen atoms in total. The zero-order chi connectivity index (χ0) is 31.8. The van der Waals surface area contributed by atoms with Gasteiger partial charge in [-0.05, 0) is 31.0 Å². The molecular weight excluding hydrogens is 575 g/mol. The van der Waals surface area contributed by atoms with Crippen LogP contribution in [0, 0.1) is 5.92 Å². The van der Waals surface area contributed by atoms with Gasteiger partial charge in [0, 0.05) is 26.7 Å². The molecule has 0 aromatic rings. The Kier molecular flexibility index (Phi) is 18.8. The number of hydrogen-bond donors (Lipinski definition) is 0. The first-order valence-corrected chi connectivity index (χ1v) is 19.9. The monoisotopic (exact) mass is 636 g/mol. The Hall–Kier alpha value is -0.393. The summed E-state index contributed by atoms with van der Waals surface area (Å²) in [6.45, 7) is 23.1. The van der Waals surface area contributed by atoms with Crippen molar-refractivity contribution in [2.45, 2.75) is 128 Å². The Bertz CT molecular complexity index is 788. The highest BCUT2D eigenvalue weighted by Gasteiger charge is 2.51. The molecule has 0 bridgehead atoms. The Morgan fingerprint density at radius 1 is 0.976 bits per heavy atom. The van der Waals surface area contributed by atoms with E-state index in [9.17, 15) is 4.57 Å². The van der Waals surface area contributed by atoms with E-state index >= 15 is 0 Å². The van der Waals surface area contributed by atoms with Crippen LogP contribution in [0.2, 0.25) is 18.1 Å². The van der Waals surface area contributed by atoms with Crippen LogP contribution in [-0.2, 0) is 41.5 Å². The van der Waals surface area contributed by atoms with Gasteiger partial charge in [-0.1, -0.05) is 78.9 Å². The Morgan fingerprint density at radius 3 is 2.12 bits per heavy atom. The highest BCUT2D eigenvalue weighted by atomic mass is 31.2. The Labute approximate surface area is 257 Å². The van der Waals surface area contributed by atoms with Crippen LogP contribution in [0.5, 0.6) is 0 Å². The number of phosphoric acid groups is 1. The average Bonchev–Trinajstić information content (AvgIpc) is 2.93. The molecule has 0 saturated carbocycles. The molecule has 6 atom stereocenters.